The summed E-state index contributed by atoms with van der Waals surface area (Å²) in [6.45, 7) is 9.68. The molecule has 1 aliphatic heterocycles. The Morgan fingerprint density at radius 2 is 1.71 bits per heavy atom. The second-order valence-corrected chi connectivity index (χ2v) is 7.15. The van der Waals surface area contributed by atoms with Crippen molar-refractivity contribution in [2.45, 2.75) is 27.2 Å². The van der Waals surface area contributed by atoms with E-state index in [-0.39, 0.29) is 0 Å². The van der Waals surface area contributed by atoms with Crippen LogP contribution in [0.25, 0.3) is 11.4 Å². The molecular formula is C18H22N10. The standard InChI is InChI=1S/C18H22N10/c1-12-13(2)21-18-19-11-20-28(18)17(12)26-8-4-7-25(9-10-26)16-6-5-15-23-22-14(3)27(15)24-16/h5-6,11H,4,7-10H2,1-3H3. The maximum atomic E-state index is 4.73. The van der Waals surface area contributed by atoms with Crippen molar-refractivity contribution < 1.29 is 0 Å². The number of rotatable bonds is 2. The molecule has 1 saturated heterocycles. The van der Waals surface area contributed by atoms with E-state index in [1.54, 1.807) is 10.8 Å². The molecular weight excluding hydrogens is 356 g/mol. The minimum atomic E-state index is 0.648. The minimum absolute atomic E-state index is 0.648. The quantitative estimate of drug-likeness (QED) is 0.514. The van der Waals surface area contributed by atoms with E-state index in [1.165, 1.54) is 0 Å². The van der Waals surface area contributed by atoms with Gasteiger partial charge in [0.05, 0.1) is 0 Å². The number of nitrogens with zero attached hydrogens (tertiary/aromatic N) is 10. The first-order chi connectivity index (χ1) is 13.6. The fourth-order valence-electron chi connectivity index (χ4n) is 3.80. The van der Waals surface area contributed by atoms with Crippen molar-refractivity contribution in [3.63, 3.8) is 0 Å². The monoisotopic (exact) mass is 378 g/mol. The van der Waals surface area contributed by atoms with Crippen LogP contribution in [0.4, 0.5) is 11.6 Å². The summed E-state index contributed by atoms with van der Waals surface area (Å²) >= 11 is 0. The molecule has 144 valence electrons. The first kappa shape index (κ1) is 16.8. The van der Waals surface area contributed by atoms with E-state index in [9.17, 15) is 0 Å². The summed E-state index contributed by atoms with van der Waals surface area (Å²) in [6.07, 6.45) is 2.59. The number of hydrogen-bond acceptors (Lipinski definition) is 8. The van der Waals surface area contributed by atoms with Gasteiger partial charge in [0, 0.05) is 37.4 Å². The van der Waals surface area contributed by atoms with Crippen LogP contribution in [0.15, 0.2) is 18.5 Å². The van der Waals surface area contributed by atoms with Crippen molar-refractivity contribution in [3.8, 4) is 0 Å². The lowest BCUT2D eigenvalue weighted by Crippen LogP contribution is -2.33. The van der Waals surface area contributed by atoms with Gasteiger partial charge in [-0.3, -0.25) is 0 Å². The Bertz CT molecular complexity index is 1160. The zero-order valence-corrected chi connectivity index (χ0v) is 16.2. The first-order valence-corrected chi connectivity index (χ1v) is 9.48. The maximum absolute atomic E-state index is 4.73. The average Bonchev–Trinajstić information content (AvgIpc) is 3.22. The molecule has 0 atom stereocenters. The summed E-state index contributed by atoms with van der Waals surface area (Å²) in [5.74, 6) is 3.48. The molecule has 1 aliphatic rings. The van der Waals surface area contributed by atoms with E-state index >= 15 is 0 Å². The van der Waals surface area contributed by atoms with Crippen LogP contribution in [0.2, 0.25) is 0 Å². The predicted molar refractivity (Wildman–Crippen MR) is 105 cm³/mol. The number of aromatic nitrogens is 8. The van der Waals surface area contributed by atoms with Gasteiger partial charge in [-0.2, -0.15) is 19.1 Å². The van der Waals surface area contributed by atoms with E-state index in [2.05, 4.69) is 42.0 Å². The van der Waals surface area contributed by atoms with Gasteiger partial charge in [0.1, 0.15) is 18.0 Å². The molecule has 1 fully saturated rings. The van der Waals surface area contributed by atoms with Gasteiger partial charge in [-0.05, 0) is 39.3 Å². The number of fused-ring (bicyclic) bond motifs is 2. The molecule has 0 radical (unpaired) electrons. The summed E-state index contributed by atoms with van der Waals surface area (Å²) in [7, 11) is 0. The van der Waals surface area contributed by atoms with Crippen LogP contribution in [0.1, 0.15) is 23.5 Å². The Kier molecular flexibility index (Phi) is 3.85. The second kappa shape index (κ2) is 6.39. The Hall–Kier alpha value is -3.30. The van der Waals surface area contributed by atoms with Crippen LogP contribution in [-0.4, -0.2) is 65.6 Å². The molecule has 0 unspecified atom stereocenters. The molecule has 4 aromatic heterocycles. The molecule has 0 aliphatic carbocycles. The van der Waals surface area contributed by atoms with Gasteiger partial charge in [-0.15, -0.1) is 15.3 Å². The van der Waals surface area contributed by atoms with Crippen LogP contribution < -0.4 is 9.80 Å². The minimum Gasteiger partial charge on any atom is -0.354 e. The average molecular weight is 378 g/mol. The summed E-state index contributed by atoms with van der Waals surface area (Å²) in [5, 5.41) is 17.3. The summed E-state index contributed by atoms with van der Waals surface area (Å²) in [5.41, 5.74) is 2.91. The smallest absolute Gasteiger partial charge is 0.254 e. The highest BCUT2D eigenvalue weighted by molar-refractivity contribution is 5.55. The zero-order valence-electron chi connectivity index (χ0n) is 16.2. The first-order valence-electron chi connectivity index (χ1n) is 9.48. The highest BCUT2D eigenvalue weighted by atomic mass is 15.4. The molecule has 0 spiro atoms. The second-order valence-electron chi connectivity index (χ2n) is 7.15. The predicted octanol–water partition coefficient (Wildman–Crippen LogP) is 1.20. The third-order valence-corrected chi connectivity index (χ3v) is 5.40. The molecule has 10 nitrogen and oxygen atoms in total. The van der Waals surface area contributed by atoms with Crippen LogP contribution in [0.5, 0.6) is 0 Å². The Balaban J connectivity index is 1.45. The van der Waals surface area contributed by atoms with Crippen LogP contribution in [0, 0.1) is 20.8 Å². The third-order valence-electron chi connectivity index (χ3n) is 5.40. The highest BCUT2D eigenvalue weighted by Gasteiger charge is 2.22. The summed E-state index contributed by atoms with van der Waals surface area (Å²) in [6, 6.07) is 4.00. The highest BCUT2D eigenvalue weighted by Crippen LogP contribution is 2.24. The lowest BCUT2D eigenvalue weighted by atomic mass is 10.2. The number of anilines is 2. The van der Waals surface area contributed by atoms with Gasteiger partial charge in [-0.25, -0.2) is 4.98 Å². The van der Waals surface area contributed by atoms with E-state index in [4.69, 9.17) is 5.10 Å². The van der Waals surface area contributed by atoms with Crippen molar-refractivity contribution in [3.05, 3.63) is 35.5 Å². The van der Waals surface area contributed by atoms with Gasteiger partial charge in [0.2, 0.25) is 0 Å². The van der Waals surface area contributed by atoms with Crippen molar-refractivity contribution in [2.24, 2.45) is 0 Å². The van der Waals surface area contributed by atoms with Gasteiger partial charge >= 0.3 is 0 Å². The van der Waals surface area contributed by atoms with Crippen molar-refractivity contribution in [1.29, 1.82) is 0 Å². The van der Waals surface area contributed by atoms with Gasteiger partial charge in [-0.1, -0.05) is 0 Å². The number of hydrogen-bond donors (Lipinski definition) is 0. The van der Waals surface area contributed by atoms with Crippen LogP contribution in [-0.2, 0) is 0 Å². The lowest BCUT2D eigenvalue weighted by Gasteiger charge is -2.26. The molecule has 0 N–H and O–H groups in total. The normalized spacial score (nSPS) is 15.5. The van der Waals surface area contributed by atoms with Gasteiger partial charge < -0.3 is 9.80 Å². The van der Waals surface area contributed by atoms with Crippen LogP contribution in [0.3, 0.4) is 0 Å². The number of aryl methyl sites for hydroxylation is 2. The molecule has 10 heteroatoms. The lowest BCUT2D eigenvalue weighted by molar-refractivity contribution is 0.761. The Morgan fingerprint density at radius 3 is 2.61 bits per heavy atom. The van der Waals surface area contributed by atoms with Crippen molar-refractivity contribution in [1.82, 2.24) is 39.4 Å². The molecule has 5 heterocycles. The largest absolute Gasteiger partial charge is 0.354 e. The molecule has 0 bridgehead atoms. The molecule has 28 heavy (non-hydrogen) atoms. The van der Waals surface area contributed by atoms with E-state index in [0.29, 0.717) is 5.78 Å². The third kappa shape index (κ3) is 2.63. The Labute approximate surface area is 161 Å². The summed E-state index contributed by atoms with van der Waals surface area (Å²) < 4.78 is 3.65. The molecule has 4 aromatic rings. The van der Waals surface area contributed by atoms with Gasteiger partial charge in [0.15, 0.2) is 11.5 Å². The van der Waals surface area contributed by atoms with E-state index in [1.807, 2.05) is 30.5 Å². The topological polar surface area (TPSA) is 92.6 Å². The molecule has 5 rings (SSSR count). The van der Waals surface area contributed by atoms with Gasteiger partial charge in [0.25, 0.3) is 5.78 Å². The zero-order chi connectivity index (χ0) is 19.3. The Morgan fingerprint density at radius 1 is 0.893 bits per heavy atom. The molecule has 0 amide bonds. The SMILES string of the molecule is Cc1nc2ncnn2c(N2CCCN(c3ccc4nnc(C)n4n3)CC2)c1C. The van der Waals surface area contributed by atoms with E-state index < -0.39 is 0 Å². The van der Waals surface area contributed by atoms with Crippen LogP contribution >= 0.6 is 0 Å². The summed E-state index contributed by atoms with van der Waals surface area (Å²) in [4.78, 5) is 13.5. The molecule has 0 aromatic carbocycles. The van der Waals surface area contributed by atoms with E-state index in [0.717, 1.165) is 67.0 Å². The maximum Gasteiger partial charge on any atom is 0.254 e. The molecule has 0 saturated carbocycles. The van der Waals surface area contributed by atoms with Crippen molar-refractivity contribution in [2.75, 3.05) is 36.0 Å². The fraction of sp³-hybridized carbons (Fsp3) is 0.444. The fourth-order valence-corrected chi connectivity index (χ4v) is 3.80. The van der Waals surface area contributed by atoms with Crippen molar-refractivity contribution >= 4 is 23.1 Å².